The molecule has 4 aliphatic rings. The van der Waals surface area contributed by atoms with Crippen molar-refractivity contribution in [3.63, 3.8) is 0 Å². The van der Waals surface area contributed by atoms with Crippen molar-refractivity contribution in [3.05, 3.63) is 28.8 Å². The molecule has 9 heteroatoms. The summed E-state index contributed by atoms with van der Waals surface area (Å²) in [6.07, 6.45) is 6.66. The van der Waals surface area contributed by atoms with Gasteiger partial charge in [0.2, 0.25) is 5.91 Å². The van der Waals surface area contributed by atoms with E-state index in [1.54, 1.807) is 6.07 Å². The van der Waals surface area contributed by atoms with E-state index >= 15 is 0 Å². The van der Waals surface area contributed by atoms with Gasteiger partial charge >= 0.3 is 5.97 Å². The van der Waals surface area contributed by atoms with Crippen LogP contribution in [0.4, 0.5) is 0 Å². The summed E-state index contributed by atoms with van der Waals surface area (Å²) >= 11 is 0. The van der Waals surface area contributed by atoms with E-state index in [-0.39, 0.29) is 23.3 Å². The number of carboxylic acids is 1. The Morgan fingerprint density at radius 3 is 2.54 bits per heavy atom. The molecule has 0 heterocycles. The highest BCUT2D eigenvalue weighted by molar-refractivity contribution is 5.96. The van der Waals surface area contributed by atoms with Gasteiger partial charge in [0.15, 0.2) is 0 Å². The Kier molecular flexibility index (Phi) is 5.83. The van der Waals surface area contributed by atoms with E-state index in [1.165, 1.54) is 12.8 Å². The number of aliphatic carboxylic acids is 1. The first-order valence-corrected chi connectivity index (χ1v) is 12.7. The fraction of sp³-hybridized carbons (Fsp3) is 0.654. The standard InChI is InChI=1S/C26H35N3O6/c27-19(11-20(30)31)24(34)29-16-6-8-26(35)18-10-15-3-4-17(23(28)33)22(32)21(15)25(26,12-16)7-5-14(18)9-13-1-2-13/h3-4,13-14,16,18-19,32,35H,1-2,5-12,27H2,(H2,28,33)(H,29,34)(H,30,31)/t14?,16-,18+,19+,25-,26-/m1/s1. The Morgan fingerprint density at radius 1 is 1.14 bits per heavy atom. The SMILES string of the molecule is NC(=O)c1ccc2c(c1O)[C@]13CCC(CC4CC4)[C@H](C2)[C@]1(O)CC[C@@H](NC(=O)[C@@H](N)CC(=O)O)C3. The molecule has 3 fully saturated rings. The number of primary amides is 1. The average Bonchev–Trinajstić information content (AvgIpc) is 3.59. The number of carboxylic acid groups (broad SMARTS) is 1. The molecule has 1 aromatic carbocycles. The van der Waals surface area contributed by atoms with E-state index in [4.69, 9.17) is 16.6 Å². The molecule has 6 atom stereocenters. The van der Waals surface area contributed by atoms with Crippen molar-refractivity contribution in [1.29, 1.82) is 0 Å². The summed E-state index contributed by atoms with van der Waals surface area (Å²) < 4.78 is 0. The summed E-state index contributed by atoms with van der Waals surface area (Å²) in [6, 6.07) is 1.91. The first-order chi connectivity index (χ1) is 16.6. The largest absolute Gasteiger partial charge is 0.507 e. The number of amides is 2. The van der Waals surface area contributed by atoms with Gasteiger partial charge in [-0.2, -0.15) is 0 Å². The normalized spacial score (nSPS) is 34.3. The summed E-state index contributed by atoms with van der Waals surface area (Å²) in [5.41, 5.74) is 11.0. The number of carbonyl (C=O) groups is 3. The van der Waals surface area contributed by atoms with Crippen LogP contribution < -0.4 is 16.8 Å². The molecule has 1 aromatic rings. The molecule has 35 heavy (non-hydrogen) atoms. The highest BCUT2D eigenvalue weighted by Gasteiger charge is 2.66. The number of nitrogens with two attached hydrogens (primary N) is 2. The lowest BCUT2D eigenvalue weighted by Gasteiger charge is -2.64. The lowest BCUT2D eigenvalue weighted by molar-refractivity contribution is -0.172. The van der Waals surface area contributed by atoms with Crippen LogP contribution in [0.2, 0.25) is 0 Å². The maximum Gasteiger partial charge on any atom is 0.305 e. The zero-order valence-corrected chi connectivity index (χ0v) is 19.8. The van der Waals surface area contributed by atoms with Gasteiger partial charge in [-0.25, -0.2) is 0 Å². The van der Waals surface area contributed by atoms with Crippen molar-refractivity contribution >= 4 is 17.8 Å². The highest BCUT2D eigenvalue weighted by atomic mass is 16.4. The van der Waals surface area contributed by atoms with Gasteiger partial charge in [0, 0.05) is 17.0 Å². The van der Waals surface area contributed by atoms with Gasteiger partial charge in [0.25, 0.3) is 5.91 Å². The summed E-state index contributed by atoms with van der Waals surface area (Å²) in [7, 11) is 0. The average molecular weight is 486 g/mol. The maximum atomic E-state index is 12.6. The molecular weight excluding hydrogens is 450 g/mol. The second kappa shape index (κ2) is 8.48. The van der Waals surface area contributed by atoms with Crippen molar-refractivity contribution in [2.45, 2.75) is 87.3 Å². The van der Waals surface area contributed by atoms with Crippen LogP contribution in [-0.4, -0.2) is 50.8 Å². The van der Waals surface area contributed by atoms with E-state index in [0.717, 1.165) is 24.3 Å². The molecule has 0 radical (unpaired) electrons. The number of phenols is 1. The molecule has 2 amide bonds. The van der Waals surface area contributed by atoms with Crippen LogP contribution in [0.15, 0.2) is 12.1 Å². The number of benzene rings is 1. The zero-order chi connectivity index (χ0) is 25.1. The molecule has 0 saturated heterocycles. The third-order valence-electron chi connectivity index (χ3n) is 9.28. The molecular formula is C26H35N3O6. The number of aliphatic hydroxyl groups is 1. The van der Waals surface area contributed by atoms with Gasteiger partial charge in [0.1, 0.15) is 5.75 Å². The molecule has 9 nitrogen and oxygen atoms in total. The predicted molar refractivity (Wildman–Crippen MR) is 127 cm³/mol. The number of carbonyl (C=O) groups excluding carboxylic acids is 2. The Morgan fingerprint density at radius 2 is 1.89 bits per heavy atom. The Bertz CT molecular complexity index is 1070. The Hall–Kier alpha value is -2.65. The van der Waals surface area contributed by atoms with Crippen LogP contribution in [0.25, 0.3) is 0 Å². The van der Waals surface area contributed by atoms with E-state index in [9.17, 15) is 24.6 Å². The van der Waals surface area contributed by atoms with Gasteiger partial charge in [-0.1, -0.05) is 18.9 Å². The highest BCUT2D eigenvalue weighted by Crippen LogP contribution is 2.65. The quantitative estimate of drug-likeness (QED) is 0.337. The molecule has 0 aliphatic heterocycles. The maximum absolute atomic E-state index is 12.6. The molecule has 3 saturated carbocycles. The number of hydrogen-bond acceptors (Lipinski definition) is 6. The van der Waals surface area contributed by atoms with Crippen molar-refractivity contribution in [2.24, 2.45) is 29.2 Å². The fourth-order valence-corrected chi connectivity index (χ4v) is 7.54. The minimum absolute atomic E-state index is 0.0358. The van der Waals surface area contributed by atoms with Crippen molar-refractivity contribution in [1.82, 2.24) is 5.32 Å². The monoisotopic (exact) mass is 485 g/mol. The molecule has 0 spiro atoms. The number of hydrogen-bond donors (Lipinski definition) is 6. The van der Waals surface area contributed by atoms with Crippen LogP contribution in [0, 0.1) is 17.8 Å². The van der Waals surface area contributed by atoms with Crippen molar-refractivity contribution in [3.8, 4) is 5.75 Å². The van der Waals surface area contributed by atoms with Crippen molar-refractivity contribution < 1.29 is 29.7 Å². The summed E-state index contributed by atoms with van der Waals surface area (Å²) in [4.78, 5) is 35.7. The number of nitrogens with one attached hydrogen (secondary N) is 1. The van der Waals surface area contributed by atoms with Gasteiger partial charge in [0.05, 0.1) is 23.6 Å². The fourth-order valence-electron chi connectivity index (χ4n) is 7.54. The zero-order valence-electron chi connectivity index (χ0n) is 19.8. The first-order valence-electron chi connectivity index (χ1n) is 12.7. The molecule has 190 valence electrons. The smallest absolute Gasteiger partial charge is 0.305 e. The van der Waals surface area contributed by atoms with Gasteiger partial charge < -0.3 is 32.1 Å². The molecule has 4 aliphatic carbocycles. The Balaban J connectivity index is 1.53. The van der Waals surface area contributed by atoms with Gasteiger partial charge in [-0.3, -0.25) is 14.4 Å². The molecule has 1 unspecified atom stereocenters. The number of aromatic hydroxyl groups is 1. The van der Waals surface area contributed by atoms with E-state index in [0.29, 0.717) is 43.6 Å². The predicted octanol–water partition coefficient (Wildman–Crippen LogP) is 1.31. The Labute approximate surface area is 204 Å². The van der Waals surface area contributed by atoms with Gasteiger partial charge in [-0.05, 0) is 74.3 Å². The number of fused-ring (bicyclic) bond motifs is 1. The minimum Gasteiger partial charge on any atom is -0.507 e. The van der Waals surface area contributed by atoms with Crippen LogP contribution in [0.3, 0.4) is 0 Å². The minimum atomic E-state index is -1.17. The molecule has 2 bridgehead atoms. The molecule has 5 rings (SSSR count). The molecule has 8 N–H and O–H groups in total. The third-order valence-corrected chi connectivity index (χ3v) is 9.28. The van der Waals surface area contributed by atoms with Crippen LogP contribution in [0.1, 0.15) is 79.3 Å². The summed E-state index contributed by atoms with van der Waals surface area (Å²) in [5, 5.41) is 35.5. The van der Waals surface area contributed by atoms with Gasteiger partial charge in [-0.15, -0.1) is 0 Å². The molecule has 0 aromatic heterocycles. The van der Waals surface area contributed by atoms with E-state index in [2.05, 4.69) is 5.32 Å². The van der Waals surface area contributed by atoms with E-state index in [1.807, 2.05) is 6.07 Å². The van der Waals surface area contributed by atoms with E-state index < -0.39 is 41.3 Å². The lowest BCUT2D eigenvalue weighted by Crippen LogP contribution is -2.68. The first kappa shape index (κ1) is 24.1. The second-order valence-corrected chi connectivity index (χ2v) is 11.3. The van der Waals surface area contributed by atoms with Crippen LogP contribution >= 0.6 is 0 Å². The lowest BCUT2D eigenvalue weighted by atomic mass is 9.43. The topological polar surface area (TPSA) is 176 Å². The third kappa shape index (κ3) is 3.89. The number of rotatable bonds is 7. The summed E-state index contributed by atoms with van der Waals surface area (Å²) in [6.45, 7) is 0. The van der Waals surface area contributed by atoms with Crippen LogP contribution in [-0.2, 0) is 21.4 Å². The second-order valence-electron chi connectivity index (χ2n) is 11.3. The van der Waals surface area contributed by atoms with Crippen LogP contribution in [0.5, 0.6) is 5.75 Å². The van der Waals surface area contributed by atoms with Crippen molar-refractivity contribution in [2.75, 3.05) is 0 Å². The summed E-state index contributed by atoms with van der Waals surface area (Å²) in [5.74, 6) is -1.42.